The summed E-state index contributed by atoms with van der Waals surface area (Å²) in [7, 11) is 0. The fraction of sp³-hybridized carbons (Fsp3) is 0.900. The van der Waals surface area contributed by atoms with Crippen LogP contribution >= 0.6 is 0 Å². The Kier molecular flexibility index (Phi) is 3.72. The van der Waals surface area contributed by atoms with Gasteiger partial charge in [0.05, 0.1) is 0 Å². The summed E-state index contributed by atoms with van der Waals surface area (Å²) < 4.78 is 0. The Bertz CT molecular complexity index is 174. The van der Waals surface area contributed by atoms with Gasteiger partial charge in [-0.1, -0.05) is 26.2 Å². The molecular formula is C10H19NO2. The van der Waals surface area contributed by atoms with Crippen LogP contribution in [0.25, 0.3) is 0 Å². The number of rotatable bonds is 3. The van der Waals surface area contributed by atoms with Gasteiger partial charge in [0, 0.05) is 0 Å². The second-order valence-corrected chi connectivity index (χ2v) is 4.05. The van der Waals surface area contributed by atoms with Crippen LogP contribution in [0.3, 0.4) is 0 Å². The lowest BCUT2D eigenvalue weighted by Gasteiger charge is -2.29. The highest BCUT2D eigenvalue weighted by atomic mass is 16.4. The molecule has 1 aliphatic rings. The molecule has 0 heterocycles. The predicted octanol–water partition coefficient (Wildman–Crippen LogP) is 1.61. The van der Waals surface area contributed by atoms with Crippen molar-refractivity contribution in [1.29, 1.82) is 0 Å². The van der Waals surface area contributed by atoms with Crippen molar-refractivity contribution in [2.45, 2.75) is 45.1 Å². The maximum absolute atomic E-state index is 10.6. The van der Waals surface area contributed by atoms with Gasteiger partial charge in [0.25, 0.3) is 0 Å². The predicted molar refractivity (Wildman–Crippen MR) is 51.4 cm³/mol. The van der Waals surface area contributed by atoms with Crippen molar-refractivity contribution in [2.24, 2.45) is 17.6 Å². The SMILES string of the molecule is CCC1CCC([C@@H](N)C(=O)O)CC1. The number of carboxylic acid groups (broad SMARTS) is 1. The van der Waals surface area contributed by atoms with E-state index >= 15 is 0 Å². The molecule has 0 aromatic rings. The van der Waals surface area contributed by atoms with Crippen molar-refractivity contribution < 1.29 is 9.90 Å². The van der Waals surface area contributed by atoms with Crippen LogP contribution in [-0.2, 0) is 4.79 Å². The second-order valence-electron chi connectivity index (χ2n) is 4.05. The summed E-state index contributed by atoms with van der Waals surface area (Å²) >= 11 is 0. The summed E-state index contributed by atoms with van der Waals surface area (Å²) in [6.07, 6.45) is 5.51. The van der Waals surface area contributed by atoms with Crippen molar-refractivity contribution in [3.05, 3.63) is 0 Å². The van der Waals surface area contributed by atoms with Crippen molar-refractivity contribution >= 4 is 5.97 Å². The second kappa shape index (κ2) is 4.61. The molecule has 1 atom stereocenters. The largest absolute Gasteiger partial charge is 0.480 e. The zero-order valence-electron chi connectivity index (χ0n) is 8.20. The number of carboxylic acids is 1. The van der Waals surface area contributed by atoms with Crippen LogP contribution in [0.2, 0.25) is 0 Å². The third-order valence-corrected chi connectivity index (χ3v) is 3.26. The molecule has 1 aliphatic carbocycles. The Hall–Kier alpha value is -0.570. The summed E-state index contributed by atoms with van der Waals surface area (Å²) in [5, 5.41) is 8.73. The average molecular weight is 185 g/mol. The van der Waals surface area contributed by atoms with E-state index in [0.29, 0.717) is 0 Å². The fourth-order valence-electron chi connectivity index (χ4n) is 2.16. The Morgan fingerprint density at radius 3 is 2.38 bits per heavy atom. The number of carbonyl (C=O) groups is 1. The molecule has 3 nitrogen and oxygen atoms in total. The number of hydrogen-bond donors (Lipinski definition) is 2. The van der Waals surface area contributed by atoms with Gasteiger partial charge in [-0.2, -0.15) is 0 Å². The monoisotopic (exact) mass is 185 g/mol. The Labute approximate surface area is 79.3 Å². The molecule has 76 valence electrons. The van der Waals surface area contributed by atoms with E-state index < -0.39 is 12.0 Å². The molecule has 0 spiro atoms. The first-order valence-electron chi connectivity index (χ1n) is 5.13. The molecule has 0 bridgehead atoms. The molecule has 0 aromatic heterocycles. The minimum absolute atomic E-state index is 0.209. The van der Waals surface area contributed by atoms with Gasteiger partial charge in [-0.25, -0.2) is 0 Å². The molecule has 1 fully saturated rings. The fourth-order valence-corrected chi connectivity index (χ4v) is 2.16. The zero-order chi connectivity index (χ0) is 9.84. The van der Waals surface area contributed by atoms with Gasteiger partial charge in [-0.3, -0.25) is 4.79 Å². The molecule has 0 radical (unpaired) electrons. The van der Waals surface area contributed by atoms with E-state index in [-0.39, 0.29) is 5.92 Å². The highest BCUT2D eigenvalue weighted by Crippen LogP contribution is 2.31. The zero-order valence-corrected chi connectivity index (χ0v) is 8.20. The van der Waals surface area contributed by atoms with Crippen LogP contribution in [0.4, 0.5) is 0 Å². The van der Waals surface area contributed by atoms with Crippen molar-refractivity contribution in [1.82, 2.24) is 0 Å². The van der Waals surface area contributed by atoms with Crippen molar-refractivity contribution in [2.75, 3.05) is 0 Å². The van der Waals surface area contributed by atoms with E-state index in [1.165, 1.54) is 6.42 Å². The molecule has 13 heavy (non-hydrogen) atoms. The first kappa shape index (κ1) is 10.5. The first-order valence-corrected chi connectivity index (χ1v) is 5.13. The minimum atomic E-state index is -0.847. The molecule has 0 aliphatic heterocycles. The lowest BCUT2D eigenvalue weighted by atomic mass is 9.78. The average Bonchev–Trinajstić information content (AvgIpc) is 2.17. The Balaban J connectivity index is 2.36. The van der Waals surface area contributed by atoms with Crippen LogP contribution in [-0.4, -0.2) is 17.1 Å². The Morgan fingerprint density at radius 1 is 1.46 bits per heavy atom. The number of hydrogen-bond acceptors (Lipinski definition) is 2. The topological polar surface area (TPSA) is 63.3 Å². The molecule has 0 saturated heterocycles. The summed E-state index contributed by atoms with van der Waals surface area (Å²) in [5.41, 5.74) is 5.58. The normalized spacial score (nSPS) is 31.2. The first-order chi connectivity index (χ1) is 6.15. The highest BCUT2D eigenvalue weighted by Gasteiger charge is 2.28. The van der Waals surface area contributed by atoms with Gasteiger partial charge in [0.15, 0.2) is 0 Å². The van der Waals surface area contributed by atoms with E-state index in [4.69, 9.17) is 10.8 Å². The number of nitrogens with two attached hydrogens (primary N) is 1. The maximum atomic E-state index is 10.6. The maximum Gasteiger partial charge on any atom is 0.320 e. The molecule has 1 saturated carbocycles. The van der Waals surface area contributed by atoms with Gasteiger partial charge in [-0.15, -0.1) is 0 Å². The molecule has 0 amide bonds. The van der Waals surface area contributed by atoms with Gasteiger partial charge in [0.1, 0.15) is 6.04 Å². The van der Waals surface area contributed by atoms with Crippen LogP contribution in [0, 0.1) is 11.8 Å². The summed E-state index contributed by atoms with van der Waals surface area (Å²) in [5.74, 6) is 0.164. The van der Waals surface area contributed by atoms with E-state index in [1.54, 1.807) is 0 Å². The van der Waals surface area contributed by atoms with Gasteiger partial charge in [-0.05, 0) is 24.7 Å². The molecular weight excluding hydrogens is 166 g/mol. The third-order valence-electron chi connectivity index (χ3n) is 3.26. The smallest absolute Gasteiger partial charge is 0.320 e. The van der Waals surface area contributed by atoms with E-state index in [1.807, 2.05) is 0 Å². The molecule has 1 rings (SSSR count). The molecule has 3 heteroatoms. The van der Waals surface area contributed by atoms with Crippen LogP contribution < -0.4 is 5.73 Å². The van der Waals surface area contributed by atoms with Crippen molar-refractivity contribution in [3.8, 4) is 0 Å². The van der Waals surface area contributed by atoms with E-state index in [0.717, 1.165) is 31.6 Å². The lowest BCUT2D eigenvalue weighted by Crippen LogP contribution is -2.39. The van der Waals surface area contributed by atoms with Crippen LogP contribution in [0.1, 0.15) is 39.0 Å². The summed E-state index contributed by atoms with van der Waals surface area (Å²) in [4.78, 5) is 10.6. The third kappa shape index (κ3) is 2.69. The summed E-state index contributed by atoms with van der Waals surface area (Å²) in [6.45, 7) is 2.20. The van der Waals surface area contributed by atoms with E-state index in [2.05, 4.69) is 6.92 Å². The number of aliphatic carboxylic acids is 1. The van der Waals surface area contributed by atoms with Gasteiger partial charge < -0.3 is 10.8 Å². The molecule has 0 aromatic carbocycles. The summed E-state index contributed by atoms with van der Waals surface area (Å²) in [6, 6.07) is -0.641. The van der Waals surface area contributed by atoms with Crippen LogP contribution in [0.15, 0.2) is 0 Å². The molecule has 0 unspecified atom stereocenters. The van der Waals surface area contributed by atoms with Crippen molar-refractivity contribution in [3.63, 3.8) is 0 Å². The standard InChI is InChI=1S/C10H19NO2/c1-2-7-3-5-8(6-4-7)9(11)10(12)13/h7-9H,2-6,11H2,1H3,(H,12,13)/t7?,8?,9-/m1/s1. The van der Waals surface area contributed by atoms with Gasteiger partial charge in [0.2, 0.25) is 0 Å². The molecule has 3 N–H and O–H groups in total. The highest BCUT2D eigenvalue weighted by molar-refractivity contribution is 5.73. The quantitative estimate of drug-likeness (QED) is 0.702. The minimum Gasteiger partial charge on any atom is -0.480 e. The lowest BCUT2D eigenvalue weighted by molar-refractivity contribution is -0.140. The van der Waals surface area contributed by atoms with Gasteiger partial charge >= 0.3 is 5.97 Å². The van der Waals surface area contributed by atoms with Crippen LogP contribution in [0.5, 0.6) is 0 Å². The Morgan fingerprint density at radius 2 is 2.00 bits per heavy atom. The van der Waals surface area contributed by atoms with E-state index in [9.17, 15) is 4.79 Å².